The number of rotatable bonds is 8. The average molecular weight is 513 g/mol. The van der Waals surface area contributed by atoms with Crippen molar-refractivity contribution in [3.8, 4) is 16.9 Å². The number of sulfonamides is 1. The van der Waals surface area contributed by atoms with Crippen molar-refractivity contribution >= 4 is 43.2 Å². The summed E-state index contributed by atoms with van der Waals surface area (Å²) in [6.07, 6.45) is 1.36. The van der Waals surface area contributed by atoms with Crippen LogP contribution in [0.25, 0.3) is 21.3 Å². The highest BCUT2D eigenvalue weighted by atomic mass is 32.2. The van der Waals surface area contributed by atoms with Crippen LogP contribution in [0.5, 0.6) is 5.75 Å². The van der Waals surface area contributed by atoms with E-state index in [1.54, 1.807) is 0 Å². The van der Waals surface area contributed by atoms with Gasteiger partial charge in [-0.3, -0.25) is 14.2 Å². The summed E-state index contributed by atoms with van der Waals surface area (Å²) in [5.74, 6) is 0.310. The number of carbonyl (C=O) groups excluding carboxylic acids is 1. The molecule has 2 aromatic carbocycles. The molecule has 2 aromatic heterocycles. The number of amides is 1. The van der Waals surface area contributed by atoms with Crippen LogP contribution in [-0.4, -0.2) is 48.9 Å². The van der Waals surface area contributed by atoms with Crippen LogP contribution in [0, 0.1) is 0 Å². The number of nitrogens with one attached hydrogen (secondary N) is 1. The molecule has 0 aliphatic rings. The van der Waals surface area contributed by atoms with E-state index in [0.29, 0.717) is 22.5 Å². The van der Waals surface area contributed by atoms with Gasteiger partial charge in [0.25, 0.3) is 5.56 Å². The molecule has 0 fully saturated rings. The topological polar surface area (TPSA) is 111 Å². The molecule has 9 nitrogen and oxygen atoms in total. The molecular formula is C24H24N4O5S2. The maximum absolute atomic E-state index is 13.2. The number of ether oxygens (including phenoxy) is 1. The average Bonchev–Trinajstić information content (AvgIpc) is 3.27. The number of aromatic nitrogens is 2. The molecule has 35 heavy (non-hydrogen) atoms. The van der Waals surface area contributed by atoms with Gasteiger partial charge in [-0.05, 0) is 48.9 Å². The van der Waals surface area contributed by atoms with Crippen molar-refractivity contribution < 1.29 is 17.9 Å². The summed E-state index contributed by atoms with van der Waals surface area (Å²) in [6.45, 7) is 2.24. The molecule has 0 unspecified atom stereocenters. The largest absolute Gasteiger partial charge is 0.494 e. The fourth-order valence-electron chi connectivity index (χ4n) is 3.47. The standard InChI is InChI=1S/C24H24N4O5S2/c1-4-33-18-9-5-16(6-10-18)20-14-34-23-22(20)24(30)28(15-25-23)13-21(29)26-17-7-11-19(12-8-17)35(31,32)27(2)3/h5-12,14-15H,4,13H2,1-3H3,(H,26,29). The lowest BCUT2D eigenvalue weighted by Crippen LogP contribution is -2.27. The van der Waals surface area contributed by atoms with Gasteiger partial charge >= 0.3 is 0 Å². The molecule has 0 aliphatic carbocycles. The third kappa shape index (κ3) is 5.11. The van der Waals surface area contributed by atoms with E-state index in [2.05, 4.69) is 10.3 Å². The first-order valence-electron chi connectivity index (χ1n) is 10.7. The third-order valence-corrected chi connectivity index (χ3v) is 7.98. The van der Waals surface area contributed by atoms with Gasteiger partial charge in [0.15, 0.2) is 0 Å². The van der Waals surface area contributed by atoms with E-state index in [0.717, 1.165) is 21.2 Å². The number of hydrogen-bond donors (Lipinski definition) is 1. The zero-order valence-corrected chi connectivity index (χ0v) is 21.0. The van der Waals surface area contributed by atoms with Crippen molar-refractivity contribution in [2.24, 2.45) is 0 Å². The van der Waals surface area contributed by atoms with Gasteiger partial charge in [-0.1, -0.05) is 12.1 Å². The Labute approximate surface area is 206 Å². The first kappa shape index (κ1) is 24.6. The van der Waals surface area contributed by atoms with Gasteiger partial charge in [0.05, 0.1) is 23.2 Å². The monoisotopic (exact) mass is 512 g/mol. The molecule has 0 saturated carbocycles. The van der Waals surface area contributed by atoms with Crippen LogP contribution in [0.3, 0.4) is 0 Å². The first-order valence-corrected chi connectivity index (χ1v) is 13.0. The molecule has 0 aliphatic heterocycles. The van der Waals surface area contributed by atoms with Crippen molar-refractivity contribution in [3.05, 3.63) is 70.6 Å². The minimum Gasteiger partial charge on any atom is -0.494 e. The summed E-state index contributed by atoms with van der Waals surface area (Å²) in [4.78, 5) is 30.9. The van der Waals surface area contributed by atoms with Crippen LogP contribution in [0.1, 0.15) is 6.92 Å². The lowest BCUT2D eigenvalue weighted by molar-refractivity contribution is -0.116. The number of anilines is 1. The summed E-state index contributed by atoms with van der Waals surface area (Å²) in [5, 5.41) is 5.01. The molecule has 0 spiro atoms. The number of carbonyl (C=O) groups is 1. The maximum atomic E-state index is 13.2. The molecule has 182 valence electrons. The van der Waals surface area contributed by atoms with Gasteiger partial charge in [0.2, 0.25) is 15.9 Å². The molecule has 2 heterocycles. The number of fused-ring (bicyclic) bond motifs is 1. The highest BCUT2D eigenvalue weighted by Gasteiger charge is 2.18. The molecule has 0 saturated heterocycles. The van der Waals surface area contributed by atoms with E-state index in [1.165, 1.54) is 60.6 Å². The van der Waals surface area contributed by atoms with Gasteiger partial charge < -0.3 is 10.1 Å². The predicted octanol–water partition coefficient (Wildman–Crippen LogP) is 3.41. The fraction of sp³-hybridized carbons (Fsp3) is 0.208. The molecule has 11 heteroatoms. The Hall–Kier alpha value is -3.54. The SMILES string of the molecule is CCOc1ccc(-c2csc3ncn(CC(=O)Nc4ccc(S(=O)(=O)N(C)C)cc4)c(=O)c23)cc1. The second kappa shape index (κ2) is 9.98. The van der Waals surface area contributed by atoms with Crippen molar-refractivity contribution in [1.29, 1.82) is 0 Å². The molecule has 4 rings (SSSR count). The normalized spacial score (nSPS) is 11.7. The van der Waals surface area contributed by atoms with Crippen molar-refractivity contribution in [3.63, 3.8) is 0 Å². The van der Waals surface area contributed by atoms with Crippen molar-refractivity contribution in [2.45, 2.75) is 18.4 Å². The van der Waals surface area contributed by atoms with E-state index < -0.39 is 15.9 Å². The second-order valence-corrected chi connectivity index (χ2v) is 10.8. The molecule has 4 aromatic rings. The van der Waals surface area contributed by atoms with E-state index >= 15 is 0 Å². The van der Waals surface area contributed by atoms with Crippen molar-refractivity contribution in [1.82, 2.24) is 13.9 Å². The molecule has 0 atom stereocenters. The lowest BCUT2D eigenvalue weighted by atomic mass is 10.1. The Balaban J connectivity index is 1.55. The number of benzene rings is 2. The zero-order valence-electron chi connectivity index (χ0n) is 19.4. The molecular weight excluding hydrogens is 488 g/mol. The van der Waals surface area contributed by atoms with E-state index in [9.17, 15) is 18.0 Å². The summed E-state index contributed by atoms with van der Waals surface area (Å²) < 4.78 is 32.2. The van der Waals surface area contributed by atoms with Crippen molar-refractivity contribution in [2.75, 3.05) is 26.0 Å². The van der Waals surface area contributed by atoms with Gasteiger partial charge in [0.1, 0.15) is 17.1 Å². The quantitative estimate of drug-likeness (QED) is 0.387. The van der Waals surface area contributed by atoms with Crippen LogP contribution < -0.4 is 15.6 Å². The Morgan fingerprint density at radius 3 is 2.43 bits per heavy atom. The van der Waals surface area contributed by atoms with Gasteiger partial charge in [-0.15, -0.1) is 11.3 Å². The van der Waals surface area contributed by atoms with Crippen LogP contribution >= 0.6 is 11.3 Å². The number of hydrogen-bond acceptors (Lipinski definition) is 7. The molecule has 0 bridgehead atoms. The highest BCUT2D eigenvalue weighted by molar-refractivity contribution is 7.89. The van der Waals surface area contributed by atoms with Crippen LogP contribution in [0.2, 0.25) is 0 Å². The van der Waals surface area contributed by atoms with E-state index in [4.69, 9.17) is 4.74 Å². The Bertz CT molecular complexity index is 1520. The van der Waals surface area contributed by atoms with E-state index in [1.807, 2.05) is 36.6 Å². The lowest BCUT2D eigenvalue weighted by Gasteiger charge is -2.12. The predicted molar refractivity (Wildman–Crippen MR) is 136 cm³/mol. The Morgan fingerprint density at radius 2 is 1.80 bits per heavy atom. The zero-order chi connectivity index (χ0) is 25.2. The molecule has 0 radical (unpaired) electrons. The smallest absolute Gasteiger partial charge is 0.263 e. The molecule has 1 N–H and O–H groups in total. The Kier molecular flexibility index (Phi) is 7.01. The van der Waals surface area contributed by atoms with Gasteiger partial charge in [-0.2, -0.15) is 0 Å². The Morgan fingerprint density at radius 1 is 1.11 bits per heavy atom. The summed E-state index contributed by atoms with van der Waals surface area (Å²) in [6, 6.07) is 13.3. The summed E-state index contributed by atoms with van der Waals surface area (Å²) >= 11 is 1.36. The van der Waals surface area contributed by atoms with Crippen LogP contribution in [0.15, 0.2) is 69.9 Å². The third-order valence-electron chi connectivity index (χ3n) is 5.27. The van der Waals surface area contributed by atoms with Crippen LogP contribution in [0.4, 0.5) is 5.69 Å². The molecule has 1 amide bonds. The minimum atomic E-state index is -3.56. The first-order chi connectivity index (χ1) is 16.7. The second-order valence-electron chi connectivity index (χ2n) is 7.82. The van der Waals surface area contributed by atoms with Crippen LogP contribution in [-0.2, 0) is 21.4 Å². The minimum absolute atomic E-state index is 0.116. The number of nitrogens with zero attached hydrogens (tertiary/aromatic N) is 3. The van der Waals surface area contributed by atoms with E-state index in [-0.39, 0.29) is 17.0 Å². The number of thiophene rings is 1. The van der Waals surface area contributed by atoms with Gasteiger partial charge in [-0.25, -0.2) is 17.7 Å². The highest BCUT2D eigenvalue weighted by Crippen LogP contribution is 2.31. The summed E-state index contributed by atoms with van der Waals surface area (Å²) in [7, 11) is -0.669. The maximum Gasteiger partial charge on any atom is 0.263 e. The fourth-order valence-corrected chi connectivity index (χ4v) is 5.27. The van der Waals surface area contributed by atoms with Gasteiger partial charge in [0, 0.05) is 30.7 Å². The summed E-state index contributed by atoms with van der Waals surface area (Å²) in [5.41, 5.74) is 1.70.